The van der Waals surface area contributed by atoms with Gasteiger partial charge in [0.1, 0.15) is 11.6 Å². The summed E-state index contributed by atoms with van der Waals surface area (Å²) in [5.41, 5.74) is 0. The van der Waals surface area contributed by atoms with Crippen molar-refractivity contribution in [2.75, 3.05) is 42.9 Å². The van der Waals surface area contributed by atoms with Gasteiger partial charge in [0, 0.05) is 38.4 Å². The number of rotatable bonds is 5. The molecule has 2 fully saturated rings. The summed E-state index contributed by atoms with van der Waals surface area (Å²) in [7, 11) is 0. The number of nitrogens with zero attached hydrogens (tertiary/aromatic N) is 5. The van der Waals surface area contributed by atoms with E-state index in [9.17, 15) is 4.79 Å². The zero-order chi connectivity index (χ0) is 17.8. The predicted octanol–water partition coefficient (Wildman–Crippen LogP) is 2.15. The Hall–Kier alpha value is -2.41. The van der Waals surface area contributed by atoms with E-state index in [1.54, 1.807) is 6.20 Å². The average molecular weight is 354 g/mol. The second-order valence-corrected chi connectivity index (χ2v) is 7.10. The van der Waals surface area contributed by atoms with Crippen LogP contribution in [-0.2, 0) is 4.79 Å². The van der Waals surface area contributed by atoms with Crippen LogP contribution in [0.25, 0.3) is 0 Å². The molecule has 0 radical (unpaired) electrons. The first kappa shape index (κ1) is 17.0. The molecular weight excluding hydrogens is 328 g/mol. The molecule has 0 atom stereocenters. The third kappa shape index (κ3) is 3.88. The van der Waals surface area contributed by atoms with E-state index in [1.807, 2.05) is 35.1 Å². The Balaban J connectivity index is 1.28. The monoisotopic (exact) mass is 354 g/mol. The van der Waals surface area contributed by atoms with Gasteiger partial charge in [-0.2, -0.15) is 5.10 Å². The van der Waals surface area contributed by atoms with Crippen LogP contribution in [0.5, 0.6) is 0 Å². The van der Waals surface area contributed by atoms with E-state index in [1.165, 1.54) is 12.8 Å². The number of amides is 1. The highest BCUT2D eigenvalue weighted by Crippen LogP contribution is 2.31. The van der Waals surface area contributed by atoms with Crippen LogP contribution in [0.15, 0.2) is 36.7 Å². The Morgan fingerprint density at radius 3 is 2.62 bits per heavy atom. The van der Waals surface area contributed by atoms with Gasteiger partial charge < -0.3 is 10.2 Å². The molecular formula is C19H26N6O. The summed E-state index contributed by atoms with van der Waals surface area (Å²) in [6.07, 6.45) is 8.40. The summed E-state index contributed by atoms with van der Waals surface area (Å²) in [6, 6.07) is 8.31. The van der Waals surface area contributed by atoms with Crippen molar-refractivity contribution >= 4 is 17.5 Å². The fraction of sp³-hybridized carbons (Fsp3) is 0.526. The topological polar surface area (TPSA) is 66.3 Å². The van der Waals surface area contributed by atoms with Crippen LogP contribution in [0.3, 0.4) is 0 Å². The number of anilines is 2. The maximum Gasteiger partial charge on any atom is 0.239 e. The highest BCUT2D eigenvalue weighted by molar-refractivity contribution is 5.91. The molecule has 1 aliphatic heterocycles. The smallest absolute Gasteiger partial charge is 0.239 e. The van der Waals surface area contributed by atoms with Crippen LogP contribution in [0.2, 0.25) is 0 Å². The van der Waals surface area contributed by atoms with Gasteiger partial charge in [-0.05, 0) is 25.0 Å². The van der Waals surface area contributed by atoms with E-state index in [0.29, 0.717) is 12.6 Å². The minimum atomic E-state index is 0.0380. The summed E-state index contributed by atoms with van der Waals surface area (Å²) in [5, 5.41) is 7.47. The molecule has 2 aromatic rings. The van der Waals surface area contributed by atoms with Gasteiger partial charge in [-0.15, -0.1) is 0 Å². The standard InChI is InChI=1S/C19H26N6O/c26-19(22-18-8-10-21-25(18)16-5-1-2-6-16)15-23-11-13-24(14-12-23)17-7-3-4-9-20-17/h3-4,7-10,16H,1-2,5-6,11-15H2,(H,22,26). The van der Waals surface area contributed by atoms with Crippen molar-refractivity contribution in [1.29, 1.82) is 0 Å². The average Bonchev–Trinajstić information content (AvgIpc) is 3.34. The third-order valence-corrected chi connectivity index (χ3v) is 5.32. The summed E-state index contributed by atoms with van der Waals surface area (Å²) in [6.45, 7) is 3.94. The molecule has 4 rings (SSSR count). The van der Waals surface area contributed by atoms with E-state index >= 15 is 0 Å². The molecule has 2 aliphatic rings. The molecule has 0 spiro atoms. The maximum atomic E-state index is 12.5. The Morgan fingerprint density at radius 2 is 1.88 bits per heavy atom. The van der Waals surface area contributed by atoms with Gasteiger partial charge in [-0.1, -0.05) is 18.9 Å². The Morgan fingerprint density at radius 1 is 1.08 bits per heavy atom. The fourth-order valence-electron chi connectivity index (χ4n) is 3.91. The third-order valence-electron chi connectivity index (χ3n) is 5.32. The van der Waals surface area contributed by atoms with Crippen LogP contribution >= 0.6 is 0 Å². The van der Waals surface area contributed by atoms with E-state index in [4.69, 9.17) is 0 Å². The molecule has 7 heteroatoms. The maximum absolute atomic E-state index is 12.5. The molecule has 2 aromatic heterocycles. The van der Waals surface area contributed by atoms with Gasteiger partial charge in [0.15, 0.2) is 0 Å². The SMILES string of the molecule is O=C(CN1CCN(c2ccccn2)CC1)Nc1ccnn1C1CCCC1. The molecule has 138 valence electrons. The molecule has 0 unspecified atom stereocenters. The van der Waals surface area contributed by atoms with Crippen molar-refractivity contribution < 1.29 is 4.79 Å². The van der Waals surface area contributed by atoms with Gasteiger partial charge >= 0.3 is 0 Å². The second kappa shape index (κ2) is 7.86. The van der Waals surface area contributed by atoms with Crippen molar-refractivity contribution in [2.24, 2.45) is 0 Å². The number of aromatic nitrogens is 3. The van der Waals surface area contributed by atoms with Crippen molar-refractivity contribution in [3.8, 4) is 0 Å². The van der Waals surface area contributed by atoms with Crippen molar-refractivity contribution in [2.45, 2.75) is 31.7 Å². The molecule has 1 amide bonds. The lowest BCUT2D eigenvalue weighted by atomic mass is 10.2. The van der Waals surface area contributed by atoms with Gasteiger partial charge in [-0.25, -0.2) is 9.67 Å². The van der Waals surface area contributed by atoms with Gasteiger partial charge in [0.05, 0.1) is 18.8 Å². The number of nitrogens with one attached hydrogen (secondary N) is 1. The molecule has 26 heavy (non-hydrogen) atoms. The number of hydrogen-bond donors (Lipinski definition) is 1. The number of carbonyl (C=O) groups is 1. The quantitative estimate of drug-likeness (QED) is 0.891. The summed E-state index contributed by atoms with van der Waals surface area (Å²) in [5.74, 6) is 1.88. The van der Waals surface area contributed by atoms with E-state index in [2.05, 4.69) is 25.2 Å². The zero-order valence-corrected chi connectivity index (χ0v) is 15.0. The molecule has 3 heterocycles. The van der Waals surface area contributed by atoms with Crippen LogP contribution in [-0.4, -0.2) is 58.3 Å². The fourth-order valence-corrected chi connectivity index (χ4v) is 3.91. The van der Waals surface area contributed by atoms with Gasteiger partial charge in [-0.3, -0.25) is 9.69 Å². The second-order valence-electron chi connectivity index (χ2n) is 7.10. The van der Waals surface area contributed by atoms with Crippen LogP contribution in [0, 0.1) is 0 Å². The first-order valence-electron chi connectivity index (χ1n) is 9.51. The number of pyridine rings is 1. The lowest BCUT2D eigenvalue weighted by Gasteiger charge is -2.34. The Labute approximate surface area is 154 Å². The summed E-state index contributed by atoms with van der Waals surface area (Å²) >= 11 is 0. The van der Waals surface area contributed by atoms with E-state index < -0.39 is 0 Å². The largest absolute Gasteiger partial charge is 0.354 e. The molecule has 1 saturated carbocycles. The first-order chi connectivity index (χ1) is 12.8. The highest BCUT2D eigenvalue weighted by atomic mass is 16.2. The first-order valence-corrected chi connectivity index (χ1v) is 9.51. The predicted molar refractivity (Wildman–Crippen MR) is 101 cm³/mol. The normalized spacial score (nSPS) is 19.0. The van der Waals surface area contributed by atoms with Crippen LogP contribution < -0.4 is 10.2 Å². The van der Waals surface area contributed by atoms with Crippen molar-refractivity contribution in [3.05, 3.63) is 36.7 Å². The minimum absolute atomic E-state index is 0.0380. The zero-order valence-electron chi connectivity index (χ0n) is 15.0. The Bertz CT molecular complexity index is 717. The molecule has 1 aliphatic carbocycles. The number of carbonyl (C=O) groups excluding carboxylic acids is 1. The lowest BCUT2D eigenvalue weighted by Crippen LogP contribution is -2.49. The molecule has 1 saturated heterocycles. The summed E-state index contributed by atoms with van der Waals surface area (Å²) < 4.78 is 1.99. The van der Waals surface area contributed by atoms with Gasteiger partial charge in [0.2, 0.25) is 5.91 Å². The number of hydrogen-bond acceptors (Lipinski definition) is 5. The molecule has 1 N–H and O–H groups in total. The van der Waals surface area contributed by atoms with E-state index in [-0.39, 0.29) is 5.91 Å². The minimum Gasteiger partial charge on any atom is -0.354 e. The van der Waals surface area contributed by atoms with Crippen molar-refractivity contribution in [1.82, 2.24) is 19.7 Å². The lowest BCUT2D eigenvalue weighted by molar-refractivity contribution is -0.117. The van der Waals surface area contributed by atoms with Gasteiger partial charge in [0.25, 0.3) is 0 Å². The Kier molecular flexibility index (Phi) is 5.15. The highest BCUT2D eigenvalue weighted by Gasteiger charge is 2.22. The molecule has 0 aromatic carbocycles. The summed E-state index contributed by atoms with van der Waals surface area (Å²) in [4.78, 5) is 21.3. The number of piperazine rings is 1. The van der Waals surface area contributed by atoms with Crippen LogP contribution in [0.4, 0.5) is 11.6 Å². The van der Waals surface area contributed by atoms with Crippen molar-refractivity contribution in [3.63, 3.8) is 0 Å². The molecule has 0 bridgehead atoms. The van der Waals surface area contributed by atoms with Crippen LogP contribution in [0.1, 0.15) is 31.7 Å². The van der Waals surface area contributed by atoms with E-state index in [0.717, 1.165) is 50.7 Å². The molecule has 7 nitrogen and oxygen atoms in total.